The first-order chi connectivity index (χ1) is 9.81. The molecule has 2 aromatic rings. The molecule has 6 nitrogen and oxygen atoms in total. The number of nitrogens with one attached hydrogen (secondary N) is 1. The number of hydrogen-bond donors (Lipinski definition) is 3. The minimum absolute atomic E-state index is 0.369. The maximum absolute atomic E-state index is 12.1. The van der Waals surface area contributed by atoms with Crippen molar-refractivity contribution in [3.8, 4) is 10.6 Å². The molecule has 0 bridgehead atoms. The molecule has 2 heterocycles. The lowest BCUT2D eigenvalue weighted by atomic mass is 10.1. The SMILES string of the molecule is Cc1nc(-c2ccsc2)sc1C(=O)NCC(C)(O)C(=O)O. The zero-order valence-corrected chi connectivity index (χ0v) is 13.0. The molecule has 0 radical (unpaired) electrons. The fourth-order valence-electron chi connectivity index (χ4n) is 1.53. The normalized spacial score (nSPS) is 13.7. The molecule has 21 heavy (non-hydrogen) atoms. The molecule has 2 aromatic heterocycles. The second-order valence-electron chi connectivity index (χ2n) is 4.71. The molecule has 0 aliphatic rings. The van der Waals surface area contributed by atoms with Crippen LogP contribution in [0.4, 0.5) is 0 Å². The fraction of sp³-hybridized carbons (Fsp3) is 0.308. The molecule has 0 fully saturated rings. The van der Waals surface area contributed by atoms with Crippen molar-refractivity contribution in [1.29, 1.82) is 0 Å². The Morgan fingerprint density at radius 2 is 2.19 bits per heavy atom. The summed E-state index contributed by atoms with van der Waals surface area (Å²) in [5.74, 6) is -1.82. The summed E-state index contributed by atoms with van der Waals surface area (Å²) in [6, 6.07) is 1.92. The molecule has 2 rings (SSSR count). The summed E-state index contributed by atoms with van der Waals surface area (Å²) in [5, 5.41) is 25.4. The van der Waals surface area contributed by atoms with Crippen molar-refractivity contribution in [3.05, 3.63) is 27.4 Å². The molecule has 1 atom stereocenters. The Morgan fingerprint density at radius 1 is 1.48 bits per heavy atom. The molecule has 0 saturated heterocycles. The number of aliphatic carboxylic acids is 1. The van der Waals surface area contributed by atoms with E-state index in [0.717, 1.165) is 17.5 Å². The van der Waals surface area contributed by atoms with E-state index in [9.17, 15) is 14.7 Å². The Bertz CT molecular complexity index is 662. The highest BCUT2D eigenvalue weighted by Crippen LogP contribution is 2.29. The van der Waals surface area contributed by atoms with E-state index in [1.807, 2.05) is 16.8 Å². The van der Waals surface area contributed by atoms with Crippen LogP contribution in [0.15, 0.2) is 16.8 Å². The fourth-order valence-corrected chi connectivity index (χ4v) is 3.22. The van der Waals surface area contributed by atoms with E-state index in [0.29, 0.717) is 10.6 Å². The van der Waals surface area contributed by atoms with Gasteiger partial charge in [-0.25, -0.2) is 9.78 Å². The maximum Gasteiger partial charge on any atom is 0.337 e. The Labute approximate surface area is 129 Å². The molecule has 0 aromatic carbocycles. The number of carbonyl (C=O) groups excluding carboxylic acids is 1. The maximum atomic E-state index is 12.1. The molecule has 0 saturated carbocycles. The Hall–Kier alpha value is -1.77. The summed E-state index contributed by atoms with van der Waals surface area (Å²) in [7, 11) is 0. The van der Waals surface area contributed by atoms with E-state index >= 15 is 0 Å². The first-order valence-corrected chi connectivity index (χ1v) is 7.81. The smallest absolute Gasteiger partial charge is 0.337 e. The van der Waals surface area contributed by atoms with Gasteiger partial charge in [0.2, 0.25) is 0 Å². The predicted octanol–water partition coefficient (Wildman–Crippen LogP) is 1.75. The number of hydrogen-bond acceptors (Lipinski definition) is 6. The predicted molar refractivity (Wildman–Crippen MR) is 80.8 cm³/mol. The van der Waals surface area contributed by atoms with E-state index < -0.39 is 17.5 Å². The summed E-state index contributed by atoms with van der Waals surface area (Å²) in [6.07, 6.45) is 0. The standard InChI is InChI=1S/C13H14N2O4S2/c1-7-9(10(16)14-6-13(2,19)12(17)18)21-11(15-7)8-3-4-20-5-8/h3-5,19H,6H2,1-2H3,(H,14,16)(H,17,18). The number of aryl methyl sites for hydroxylation is 1. The van der Waals surface area contributed by atoms with Gasteiger partial charge in [0.05, 0.1) is 12.2 Å². The van der Waals surface area contributed by atoms with E-state index in [1.165, 1.54) is 11.3 Å². The third-order valence-corrected chi connectivity index (χ3v) is 4.71. The monoisotopic (exact) mass is 326 g/mol. The van der Waals surface area contributed by atoms with Gasteiger partial charge in [0.1, 0.15) is 9.88 Å². The molecule has 0 spiro atoms. The van der Waals surface area contributed by atoms with Crippen LogP contribution >= 0.6 is 22.7 Å². The van der Waals surface area contributed by atoms with Gasteiger partial charge < -0.3 is 15.5 Å². The van der Waals surface area contributed by atoms with Gasteiger partial charge in [0.25, 0.3) is 5.91 Å². The lowest BCUT2D eigenvalue weighted by Crippen LogP contribution is -2.46. The lowest BCUT2D eigenvalue weighted by Gasteiger charge is -2.17. The topological polar surface area (TPSA) is 99.5 Å². The molecule has 0 aliphatic heterocycles. The number of thiazole rings is 1. The average Bonchev–Trinajstić information content (AvgIpc) is 3.04. The van der Waals surface area contributed by atoms with E-state index in [2.05, 4.69) is 10.3 Å². The Balaban J connectivity index is 2.12. The summed E-state index contributed by atoms with van der Waals surface area (Å²) in [4.78, 5) is 27.6. The van der Waals surface area contributed by atoms with Crippen LogP contribution in [0.5, 0.6) is 0 Å². The van der Waals surface area contributed by atoms with Crippen LogP contribution < -0.4 is 5.32 Å². The summed E-state index contributed by atoms with van der Waals surface area (Å²) in [5.41, 5.74) is -0.469. The number of carboxylic acid groups (broad SMARTS) is 1. The molecular weight excluding hydrogens is 312 g/mol. The molecule has 112 valence electrons. The Kier molecular flexibility index (Phi) is 4.40. The minimum Gasteiger partial charge on any atom is -0.479 e. The van der Waals surface area contributed by atoms with Gasteiger partial charge in [0.15, 0.2) is 5.60 Å². The molecule has 1 unspecified atom stereocenters. The molecular formula is C13H14N2O4S2. The van der Waals surface area contributed by atoms with Gasteiger partial charge >= 0.3 is 5.97 Å². The van der Waals surface area contributed by atoms with Crippen LogP contribution in [0.2, 0.25) is 0 Å². The van der Waals surface area contributed by atoms with Crippen LogP contribution in [0.1, 0.15) is 22.3 Å². The summed E-state index contributed by atoms with van der Waals surface area (Å²) in [6.45, 7) is 2.48. The third kappa shape index (κ3) is 3.46. The first kappa shape index (κ1) is 15.6. The van der Waals surface area contributed by atoms with Gasteiger partial charge in [-0.15, -0.1) is 11.3 Å². The van der Waals surface area contributed by atoms with Crippen LogP contribution in [-0.4, -0.2) is 39.2 Å². The number of aromatic nitrogens is 1. The van der Waals surface area contributed by atoms with Crippen LogP contribution in [0.25, 0.3) is 10.6 Å². The van der Waals surface area contributed by atoms with Gasteiger partial charge in [0, 0.05) is 10.9 Å². The van der Waals surface area contributed by atoms with Crippen molar-refractivity contribution < 1.29 is 19.8 Å². The number of thiophene rings is 1. The van der Waals surface area contributed by atoms with Gasteiger partial charge in [-0.2, -0.15) is 11.3 Å². The van der Waals surface area contributed by atoms with E-state index in [-0.39, 0.29) is 6.54 Å². The van der Waals surface area contributed by atoms with Crippen molar-refractivity contribution in [2.24, 2.45) is 0 Å². The van der Waals surface area contributed by atoms with Gasteiger partial charge in [-0.05, 0) is 25.3 Å². The van der Waals surface area contributed by atoms with Crippen LogP contribution in [0, 0.1) is 6.92 Å². The average molecular weight is 326 g/mol. The third-order valence-electron chi connectivity index (χ3n) is 2.82. The highest BCUT2D eigenvalue weighted by molar-refractivity contribution is 7.17. The molecule has 3 N–H and O–H groups in total. The van der Waals surface area contributed by atoms with Gasteiger partial charge in [-0.3, -0.25) is 4.79 Å². The Morgan fingerprint density at radius 3 is 2.76 bits per heavy atom. The highest BCUT2D eigenvalue weighted by atomic mass is 32.1. The van der Waals surface area contributed by atoms with Crippen LogP contribution in [-0.2, 0) is 4.79 Å². The number of carboxylic acids is 1. The van der Waals surface area contributed by atoms with Crippen molar-refractivity contribution in [2.75, 3.05) is 6.54 Å². The second kappa shape index (κ2) is 5.92. The number of rotatable bonds is 5. The number of aliphatic hydroxyl groups is 1. The van der Waals surface area contributed by atoms with Crippen molar-refractivity contribution >= 4 is 34.6 Å². The molecule has 1 amide bonds. The zero-order chi connectivity index (χ0) is 15.6. The second-order valence-corrected chi connectivity index (χ2v) is 6.49. The summed E-state index contributed by atoms with van der Waals surface area (Å²) < 4.78 is 0. The molecule has 0 aliphatic carbocycles. The number of carbonyl (C=O) groups is 2. The number of amides is 1. The van der Waals surface area contributed by atoms with E-state index in [4.69, 9.17) is 5.11 Å². The first-order valence-electron chi connectivity index (χ1n) is 6.05. The van der Waals surface area contributed by atoms with Crippen molar-refractivity contribution in [1.82, 2.24) is 10.3 Å². The van der Waals surface area contributed by atoms with Crippen molar-refractivity contribution in [3.63, 3.8) is 0 Å². The van der Waals surface area contributed by atoms with Crippen molar-refractivity contribution in [2.45, 2.75) is 19.4 Å². The summed E-state index contributed by atoms with van der Waals surface area (Å²) >= 11 is 2.78. The van der Waals surface area contributed by atoms with E-state index in [1.54, 1.807) is 18.3 Å². The zero-order valence-electron chi connectivity index (χ0n) is 11.4. The largest absolute Gasteiger partial charge is 0.479 e. The quantitative estimate of drug-likeness (QED) is 0.777. The molecule has 8 heteroatoms. The highest BCUT2D eigenvalue weighted by Gasteiger charge is 2.31. The minimum atomic E-state index is -2.00. The number of nitrogens with zero attached hydrogens (tertiary/aromatic N) is 1. The van der Waals surface area contributed by atoms with Gasteiger partial charge in [-0.1, -0.05) is 0 Å². The lowest BCUT2D eigenvalue weighted by molar-refractivity contribution is -0.155. The van der Waals surface area contributed by atoms with Crippen LogP contribution in [0.3, 0.4) is 0 Å².